The first kappa shape index (κ1) is 12.9. The Morgan fingerprint density at radius 3 is 3.00 bits per heavy atom. The van der Waals surface area contributed by atoms with E-state index in [2.05, 4.69) is 0 Å². The molecular weight excluding hydrogens is 258 g/mol. The second-order valence-corrected chi connectivity index (χ2v) is 4.95. The van der Waals surface area contributed by atoms with Gasteiger partial charge in [0.05, 0.1) is 18.0 Å². The highest BCUT2D eigenvalue weighted by Crippen LogP contribution is 2.20. The predicted octanol–water partition coefficient (Wildman–Crippen LogP) is 1.39. The Hall–Kier alpha value is -2.14. The quantitative estimate of drug-likeness (QED) is 0.897. The normalized spacial score (nSPS) is 18.6. The average Bonchev–Trinajstić information content (AvgIpc) is 2.95. The Balaban J connectivity index is 2.02. The van der Waals surface area contributed by atoms with Gasteiger partial charge in [0, 0.05) is 12.6 Å². The Morgan fingerprint density at radius 2 is 2.20 bits per heavy atom. The smallest absolute Gasteiger partial charge is 0.290 e. The molecule has 1 aliphatic heterocycles. The number of aliphatic hydroxyl groups is 1. The number of nitrogens with zero attached hydrogens (tertiary/aromatic N) is 1. The molecule has 1 amide bonds. The highest BCUT2D eigenvalue weighted by molar-refractivity contribution is 5.93. The van der Waals surface area contributed by atoms with E-state index in [0.717, 1.165) is 12.8 Å². The van der Waals surface area contributed by atoms with Crippen LogP contribution in [-0.4, -0.2) is 35.1 Å². The monoisotopic (exact) mass is 273 g/mol. The van der Waals surface area contributed by atoms with Crippen molar-refractivity contribution in [3.63, 3.8) is 0 Å². The van der Waals surface area contributed by atoms with Gasteiger partial charge in [0.25, 0.3) is 5.91 Å². The van der Waals surface area contributed by atoms with E-state index in [9.17, 15) is 14.7 Å². The number of benzene rings is 1. The van der Waals surface area contributed by atoms with E-state index in [1.165, 1.54) is 6.07 Å². The van der Waals surface area contributed by atoms with Crippen LogP contribution in [0.3, 0.4) is 0 Å². The third-order valence-corrected chi connectivity index (χ3v) is 3.69. The molecule has 2 heterocycles. The van der Waals surface area contributed by atoms with Gasteiger partial charge in [0.15, 0.2) is 11.2 Å². The average molecular weight is 273 g/mol. The molecule has 1 N–H and O–H groups in total. The van der Waals surface area contributed by atoms with E-state index < -0.39 is 0 Å². The van der Waals surface area contributed by atoms with Gasteiger partial charge in [-0.25, -0.2) is 0 Å². The lowest BCUT2D eigenvalue weighted by atomic mass is 10.2. The van der Waals surface area contributed by atoms with Crippen molar-refractivity contribution >= 4 is 16.9 Å². The van der Waals surface area contributed by atoms with Gasteiger partial charge >= 0.3 is 0 Å². The summed E-state index contributed by atoms with van der Waals surface area (Å²) in [6.45, 7) is 0.518. The summed E-state index contributed by atoms with van der Waals surface area (Å²) in [6.07, 6.45) is 1.63. The number of fused-ring (bicyclic) bond motifs is 1. The van der Waals surface area contributed by atoms with Crippen molar-refractivity contribution in [1.29, 1.82) is 0 Å². The molecule has 0 radical (unpaired) electrons. The molecule has 1 aromatic carbocycles. The van der Waals surface area contributed by atoms with Gasteiger partial charge in [-0.05, 0) is 25.0 Å². The van der Waals surface area contributed by atoms with Crippen LogP contribution in [-0.2, 0) is 0 Å². The number of aliphatic hydroxyl groups excluding tert-OH is 1. The SMILES string of the molecule is O=C(c1cc(=O)c2ccccc2o1)N1CCCC1CO. The second-order valence-electron chi connectivity index (χ2n) is 4.95. The summed E-state index contributed by atoms with van der Waals surface area (Å²) in [5.41, 5.74) is 0.179. The van der Waals surface area contributed by atoms with E-state index in [4.69, 9.17) is 4.42 Å². The minimum absolute atomic E-state index is 0.0362. The van der Waals surface area contributed by atoms with Gasteiger partial charge in [0.1, 0.15) is 5.58 Å². The fourth-order valence-corrected chi connectivity index (χ4v) is 2.64. The molecule has 2 aromatic rings. The lowest BCUT2D eigenvalue weighted by molar-refractivity contribution is 0.0646. The van der Waals surface area contributed by atoms with Crippen LogP contribution in [0.15, 0.2) is 39.5 Å². The summed E-state index contributed by atoms with van der Waals surface area (Å²) in [5, 5.41) is 9.73. The van der Waals surface area contributed by atoms with Gasteiger partial charge in [0.2, 0.25) is 0 Å². The number of amides is 1. The van der Waals surface area contributed by atoms with Crippen molar-refractivity contribution in [2.45, 2.75) is 18.9 Å². The zero-order valence-electron chi connectivity index (χ0n) is 10.9. The maximum atomic E-state index is 12.4. The first-order valence-electron chi connectivity index (χ1n) is 6.65. The molecule has 0 saturated carbocycles. The van der Waals surface area contributed by atoms with E-state index in [-0.39, 0.29) is 29.7 Å². The molecule has 20 heavy (non-hydrogen) atoms. The Kier molecular flexibility index (Phi) is 3.28. The van der Waals surface area contributed by atoms with Crippen molar-refractivity contribution in [3.8, 4) is 0 Å². The van der Waals surface area contributed by atoms with Crippen LogP contribution >= 0.6 is 0 Å². The van der Waals surface area contributed by atoms with Crippen LogP contribution in [0.1, 0.15) is 23.4 Å². The largest absolute Gasteiger partial charge is 0.451 e. The third-order valence-electron chi connectivity index (χ3n) is 3.69. The minimum Gasteiger partial charge on any atom is -0.451 e. The fraction of sp³-hybridized carbons (Fsp3) is 0.333. The zero-order chi connectivity index (χ0) is 14.1. The highest BCUT2D eigenvalue weighted by atomic mass is 16.3. The van der Waals surface area contributed by atoms with Crippen LogP contribution < -0.4 is 5.43 Å². The van der Waals surface area contributed by atoms with Gasteiger partial charge in [-0.2, -0.15) is 0 Å². The lowest BCUT2D eigenvalue weighted by Gasteiger charge is -2.22. The van der Waals surface area contributed by atoms with Crippen molar-refractivity contribution in [2.75, 3.05) is 13.2 Å². The number of rotatable bonds is 2. The zero-order valence-corrected chi connectivity index (χ0v) is 10.9. The highest BCUT2D eigenvalue weighted by Gasteiger charge is 2.30. The number of carbonyl (C=O) groups excluding carboxylic acids is 1. The van der Waals surface area contributed by atoms with Gasteiger partial charge in [-0.1, -0.05) is 12.1 Å². The van der Waals surface area contributed by atoms with E-state index in [1.807, 2.05) is 0 Å². The van der Waals surface area contributed by atoms with Gasteiger partial charge < -0.3 is 14.4 Å². The van der Waals surface area contributed by atoms with E-state index in [0.29, 0.717) is 17.5 Å². The van der Waals surface area contributed by atoms with E-state index >= 15 is 0 Å². The summed E-state index contributed by atoms with van der Waals surface area (Å²) < 4.78 is 5.54. The molecule has 0 bridgehead atoms. The molecule has 1 aromatic heterocycles. The number of carbonyl (C=O) groups is 1. The van der Waals surface area contributed by atoms with Gasteiger partial charge in [-0.3, -0.25) is 9.59 Å². The molecule has 5 nitrogen and oxygen atoms in total. The van der Waals surface area contributed by atoms with Crippen molar-refractivity contribution in [2.24, 2.45) is 0 Å². The summed E-state index contributed by atoms with van der Waals surface area (Å²) in [4.78, 5) is 26.0. The molecular formula is C15H15NO4. The summed E-state index contributed by atoms with van der Waals surface area (Å²) >= 11 is 0. The molecule has 1 fully saturated rings. The molecule has 1 saturated heterocycles. The lowest BCUT2D eigenvalue weighted by Crippen LogP contribution is -2.37. The van der Waals surface area contributed by atoms with Crippen LogP contribution in [0.4, 0.5) is 0 Å². The van der Waals surface area contributed by atoms with Crippen LogP contribution in [0.25, 0.3) is 11.0 Å². The molecule has 1 aliphatic rings. The molecule has 5 heteroatoms. The minimum atomic E-state index is -0.329. The van der Waals surface area contributed by atoms with Crippen molar-refractivity contribution in [3.05, 3.63) is 46.3 Å². The molecule has 104 valence electrons. The molecule has 1 atom stereocenters. The second kappa shape index (κ2) is 5.09. The fourth-order valence-electron chi connectivity index (χ4n) is 2.64. The van der Waals surface area contributed by atoms with E-state index in [1.54, 1.807) is 29.2 Å². The predicted molar refractivity (Wildman–Crippen MR) is 73.6 cm³/mol. The van der Waals surface area contributed by atoms with Gasteiger partial charge in [-0.15, -0.1) is 0 Å². The maximum absolute atomic E-state index is 12.4. The first-order chi connectivity index (χ1) is 9.70. The maximum Gasteiger partial charge on any atom is 0.290 e. The number of para-hydroxylation sites is 1. The first-order valence-corrected chi connectivity index (χ1v) is 6.65. The number of hydrogen-bond donors (Lipinski definition) is 1. The summed E-state index contributed by atoms with van der Waals surface area (Å²) in [7, 11) is 0. The summed E-state index contributed by atoms with van der Waals surface area (Å²) in [5.74, 6) is -0.293. The Bertz CT molecular complexity index is 706. The topological polar surface area (TPSA) is 70.8 Å². The van der Waals surface area contributed by atoms with Crippen molar-refractivity contribution < 1.29 is 14.3 Å². The molecule has 1 unspecified atom stereocenters. The summed E-state index contributed by atoms with van der Waals surface area (Å²) in [6, 6.07) is 7.90. The number of hydrogen-bond acceptors (Lipinski definition) is 4. The van der Waals surface area contributed by atoms with Crippen LogP contribution in [0.5, 0.6) is 0 Å². The Labute approximate surface area is 115 Å². The van der Waals surface area contributed by atoms with Crippen molar-refractivity contribution in [1.82, 2.24) is 4.90 Å². The number of likely N-dealkylation sites (tertiary alicyclic amines) is 1. The third kappa shape index (κ3) is 2.10. The Morgan fingerprint density at radius 1 is 1.40 bits per heavy atom. The standard InChI is InChI=1S/C15H15NO4/c17-9-10-4-3-7-16(10)15(19)14-8-12(18)11-5-1-2-6-13(11)20-14/h1-2,5-6,8,10,17H,3-4,7,9H2. The van der Waals surface area contributed by atoms with Crippen LogP contribution in [0, 0.1) is 0 Å². The molecule has 3 rings (SSSR count). The molecule has 0 spiro atoms. The molecule has 0 aliphatic carbocycles. The van der Waals surface area contributed by atoms with Crippen LogP contribution in [0.2, 0.25) is 0 Å².